The van der Waals surface area contributed by atoms with Gasteiger partial charge in [0, 0.05) is 5.75 Å². The van der Waals surface area contributed by atoms with E-state index in [2.05, 4.69) is 26.2 Å². The summed E-state index contributed by atoms with van der Waals surface area (Å²) in [5, 5.41) is 0. The van der Waals surface area contributed by atoms with Crippen molar-refractivity contribution >= 4 is 11.8 Å². The molecule has 0 atom stereocenters. The van der Waals surface area contributed by atoms with Crippen LogP contribution in [0.4, 0.5) is 0 Å². The van der Waals surface area contributed by atoms with Gasteiger partial charge in [0.25, 0.3) is 0 Å². The summed E-state index contributed by atoms with van der Waals surface area (Å²) in [6, 6.07) is 0. The summed E-state index contributed by atoms with van der Waals surface area (Å²) in [5.74, 6) is 1.19. The fourth-order valence-electron chi connectivity index (χ4n) is 0.635. The third-order valence-corrected chi connectivity index (χ3v) is 1.67. The number of allylic oxidation sites excluding steroid dienone is 1. The van der Waals surface area contributed by atoms with Crippen LogP contribution in [0.15, 0.2) is 11.6 Å². The molecular weight excluding hydrogens is 116 g/mol. The first-order valence-corrected chi connectivity index (χ1v) is 4.35. The van der Waals surface area contributed by atoms with Crippen molar-refractivity contribution in [1.29, 1.82) is 0 Å². The molecule has 0 N–H and O–H groups in total. The molecular formula is C7H14S. The fraction of sp³-hybridized carbons (Fsp3) is 0.714. The SMILES string of the molecule is CCC=C(C)CSC. The minimum atomic E-state index is 1.17. The standard InChI is InChI=1S/C7H14S/c1-4-5-7(2)6-8-3/h5H,4,6H2,1-3H3. The maximum absolute atomic E-state index is 2.27. The van der Waals surface area contributed by atoms with E-state index in [1.165, 1.54) is 17.7 Å². The number of hydrogen-bond donors (Lipinski definition) is 0. The van der Waals surface area contributed by atoms with Crippen LogP contribution in [0.2, 0.25) is 0 Å². The Morgan fingerprint density at radius 1 is 1.62 bits per heavy atom. The van der Waals surface area contributed by atoms with Gasteiger partial charge in [-0.15, -0.1) is 0 Å². The van der Waals surface area contributed by atoms with Crippen LogP contribution < -0.4 is 0 Å². The van der Waals surface area contributed by atoms with Crippen LogP contribution >= 0.6 is 11.8 Å². The van der Waals surface area contributed by atoms with Crippen molar-refractivity contribution in [1.82, 2.24) is 0 Å². The zero-order valence-corrected chi connectivity index (χ0v) is 6.72. The second kappa shape index (κ2) is 5.23. The molecule has 0 aromatic heterocycles. The van der Waals surface area contributed by atoms with Crippen molar-refractivity contribution in [2.24, 2.45) is 0 Å². The minimum absolute atomic E-state index is 1.17. The van der Waals surface area contributed by atoms with E-state index in [9.17, 15) is 0 Å². The van der Waals surface area contributed by atoms with Gasteiger partial charge in [0.2, 0.25) is 0 Å². The molecule has 0 nitrogen and oxygen atoms in total. The molecule has 0 saturated heterocycles. The predicted octanol–water partition coefficient (Wildman–Crippen LogP) is 2.71. The average molecular weight is 130 g/mol. The van der Waals surface area contributed by atoms with E-state index in [0.717, 1.165) is 0 Å². The molecule has 8 heavy (non-hydrogen) atoms. The second-order valence-electron chi connectivity index (χ2n) is 1.89. The molecule has 0 fully saturated rings. The van der Waals surface area contributed by atoms with E-state index in [1.54, 1.807) is 0 Å². The molecule has 0 unspecified atom stereocenters. The summed E-state index contributed by atoms with van der Waals surface area (Å²) in [4.78, 5) is 0. The molecule has 0 aromatic rings. The van der Waals surface area contributed by atoms with Crippen molar-refractivity contribution < 1.29 is 0 Å². The number of rotatable bonds is 3. The summed E-state index contributed by atoms with van der Waals surface area (Å²) < 4.78 is 0. The van der Waals surface area contributed by atoms with Crippen LogP contribution in [0.5, 0.6) is 0 Å². The van der Waals surface area contributed by atoms with E-state index in [-0.39, 0.29) is 0 Å². The van der Waals surface area contributed by atoms with E-state index in [4.69, 9.17) is 0 Å². The average Bonchev–Trinajstić information content (AvgIpc) is 1.68. The molecule has 0 spiro atoms. The predicted molar refractivity (Wildman–Crippen MR) is 42.4 cm³/mol. The Bertz CT molecular complexity index is 74.5. The molecule has 0 radical (unpaired) electrons. The van der Waals surface area contributed by atoms with Crippen LogP contribution in [0, 0.1) is 0 Å². The van der Waals surface area contributed by atoms with Gasteiger partial charge in [0.1, 0.15) is 0 Å². The highest BCUT2D eigenvalue weighted by atomic mass is 32.2. The van der Waals surface area contributed by atoms with Gasteiger partial charge >= 0.3 is 0 Å². The van der Waals surface area contributed by atoms with Gasteiger partial charge in [-0.2, -0.15) is 11.8 Å². The van der Waals surface area contributed by atoms with E-state index < -0.39 is 0 Å². The molecule has 0 rings (SSSR count). The third-order valence-electron chi connectivity index (χ3n) is 0.925. The quantitative estimate of drug-likeness (QED) is 0.529. The first-order chi connectivity index (χ1) is 3.81. The summed E-state index contributed by atoms with van der Waals surface area (Å²) in [6.07, 6.45) is 5.58. The van der Waals surface area contributed by atoms with Crippen LogP contribution in [0.3, 0.4) is 0 Å². The van der Waals surface area contributed by atoms with Crippen molar-refractivity contribution in [2.45, 2.75) is 20.3 Å². The highest BCUT2D eigenvalue weighted by Gasteiger charge is 1.82. The van der Waals surface area contributed by atoms with E-state index >= 15 is 0 Å². The monoisotopic (exact) mass is 130 g/mol. The molecule has 0 aliphatic rings. The molecule has 0 aliphatic carbocycles. The maximum Gasteiger partial charge on any atom is 0.0137 e. The topological polar surface area (TPSA) is 0 Å². The van der Waals surface area contributed by atoms with Crippen molar-refractivity contribution in [2.75, 3.05) is 12.0 Å². The van der Waals surface area contributed by atoms with E-state index in [0.29, 0.717) is 0 Å². The molecule has 48 valence electrons. The van der Waals surface area contributed by atoms with Crippen LogP contribution in [0.25, 0.3) is 0 Å². The van der Waals surface area contributed by atoms with Gasteiger partial charge < -0.3 is 0 Å². The lowest BCUT2D eigenvalue weighted by Gasteiger charge is -1.93. The van der Waals surface area contributed by atoms with Gasteiger partial charge in [-0.05, 0) is 19.6 Å². The van der Waals surface area contributed by atoms with Crippen molar-refractivity contribution in [3.05, 3.63) is 11.6 Å². The minimum Gasteiger partial charge on any atom is -0.161 e. The second-order valence-corrected chi connectivity index (χ2v) is 2.76. The Morgan fingerprint density at radius 2 is 2.25 bits per heavy atom. The lowest BCUT2D eigenvalue weighted by molar-refractivity contribution is 1.18. The lowest BCUT2D eigenvalue weighted by atomic mass is 10.3. The molecule has 0 amide bonds. The zero-order valence-electron chi connectivity index (χ0n) is 5.90. The van der Waals surface area contributed by atoms with E-state index in [1.807, 2.05) is 11.8 Å². The van der Waals surface area contributed by atoms with Crippen LogP contribution in [-0.2, 0) is 0 Å². The Kier molecular flexibility index (Phi) is 5.29. The van der Waals surface area contributed by atoms with Gasteiger partial charge in [0.05, 0.1) is 0 Å². The zero-order chi connectivity index (χ0) is 6.41. The first kappa shape index (κ1) is 8.09. The largest absolute Gasteiger partial charge is 0.161 e. The normalized spacial score (nSPS) is 12.1. The van der Waals surface area contributed by atoms with Gasteiger partial charge in [-0.1, -0.05) is 18.6 Å². The molecule has 0 saturated carbocycles. The fourth-order valence-corrected chi connectivity index (χ4v) is 1.21. The summed E-state index contributed by atoms with van der Waals surface area (Å²) >= 11 is 1.88. The number of thioether (sulfide) groups is 1. The summed E-state index contributed by atoms with van der Waals surface area (Å²) in [7, 11) is 0. The number of hydrogen-bond acceptors (Lipinski definition) is 1. The Labute approximate surface area is 56.4 Å². The van der Waals surface area contributed by atoms with Gasteiger partial charge in [-0.3, -0.25) is 0 Å². The first-order valence-electron chi connectivity index (χ1n) is 2.95. The third kappa shape index (κ3) is 4.25. The Balaban J connectivity index is 3.29. The lowest BCUT2D eigenvalue weighted by Crippen LogP contribution is -1.77. The highest BCUT2D eigenvalue weighted by Crippen LogP contribution is 2.02. The highest BCUT2D eigenvalue weighted by molar-refractivity contribution is 7.98. The van der Waals surface area contributed by atoms with Crippen LogP contribution in [0.1, 0.15) is 20.3 Å². The Morgan fingerprint density at radius 3 is 2.62 bits per heavy atom. The summed E-state index contributed by atoms with van der Waals surface area (Å²) in [6.45, 7) is 4.35. The summed E-state index contributed by atoms with van der Waals surface area (Å²) in [5.41, 5.74) is 1.50. The molecule has 1 heteroatoms. The Hall–Kier alpha value is 0.0900. The van der Waals surface area contributed by atoms with Crippen molar-refractivity contribution in [3.8, 4) is 0 Å². The van der Waals surface area contributed by atoms with Crippen molar-refractivity contribution in [3.63, 3.8) is 0 Å². The molecule has 0 aromatic carbocycles. The van der Waals surface area contributed by atoms with Gasteiger partial charge in [0.15, 0.2) is 0 Å². The maximum atomic E-state index is 2.27. The van der Waals surface area contributed by atoms with Gasteiger partial charge in [-0.25, -0.2) is 0 Å². The van der Waals surface area contributed by atoms with Crippen LogP contribution in [-0.4, -0.2) is 12.0 Å². The smallest absolute Gasteiger partial charge is 0.0137 e. The molecule has 0 aliphatic heterocycles. The molecule has 0 bridgehead atoms. The molecule has 0 heterocycles.